The second-order valence-corrected chi connectivity index (χ2v) is 5.70. The highest BCUT2D eigenvalue weighted by molar-refractivity contribution is 5.75. The second-order valence-electron chi connectivity index (χ2n) is 5.70. The Balaban J connectivity index is 2.37. The number of hydrogen-bond donors (Lipinski definition) is 0. The molecule has 3 rings (SSSR count). The number of aromatic nitrogens is 5. The van der Waals surface area contributed by atoms with Crippen molar-refractivity contribution in [2.24, 2.45) is 7.05 Å². The van der Waals surface area contributed by atoms with E-state index in [9.17, 15) is 9.59 Å². The van der Waals surface area contributed by atoms with Crippen LogP contribution < -0.4 is 11.2 Å². The van der Waals surface area contributed by atoms with Crippen LogP contribution in [0.5, 0.6) is 0 Å². The highest BCUT2D eigenvalue weighted by Crippen LogP contribution is 2.16. The molecule has 0 saturated carbocycles. The van der Waals surface area contributed by atoms with E-state index in [2.05, 4.69) is 4.98 Å². The molecule has 0 aromatic carbocycles. The van der Waals surface area contributed by atoms with Crippen LogP contribution in [0.15, 0.2) is 27.9 Å². The summed E-state index contributed by atoms with van der Waals surface area (Å²) < 4.78 is 11.5. The first-order valence-corrected chi connectivity index (χ1v) is 7.79. The fourth-order valence-electron chi connectivity index (χ4n) is 2.89. The third-order valence-corrected chi connectivity index (χ3v) is 4.18. The highest BCUT2D eigenvalue weighted by Gasteiger charge is 2.19. The highest BCUT2D eigenvalue weighted by atomic mass is 16.5. The molecule has 8 nitrogen and oxygen atoms in total. The van der Waals surface area contributed by atoms with Gasteiger partial charge in [0.25, 0.3) is 5.56 Å². The Hall–Kier alpha value is -2.61. The van der Waals surface area contributed by atoms with Gasteiger partial charge < -0.3 is 9.30 Å². The van der Waals surface area contributed by atoms with Crippen LogP contribution in [-0.4, -0.2) is 36.8 Å². The van der Waals surface area contributed by atoms with Crippen molar-refractivity contribution in [3.63, 3.8) is 0 Å². The summed E-state index contributed by atoms with van der Waals surface area (Å²) in [5, 5.41) is 0. The molecule has 0 fully saturated rings. The molecule has 0 aliphatic heterocycles. The first-order valence-electron chi connectivity index (χ1n) is 7.79. The van der Waals surface area contributed by atoms with Gasteiger partial charge in [0, 0.05) is 39.1 Å². The zero-order valence-electron chi connectivity index (χ0n) is 14.3. The molecule has 3 aromatic heterocycles. The van der Waals surface area contributed by atoms with Crippen molar-refractivity contribution >= 4 is 16.9 Å². The molecule has 0 spiro atoms. The van der Waals surface area contributed by atoms with E-state index in [-0.39, 0.29) is 17.8 Å². The van der Waals surface area contributed by atoms with Gasteiger partial charge in [-0.1, -0.05) is 12.2 Å². The van der Waals surface area contributed by atoms with Gasteiger partial charge in [0.05, 0.1) is 6.61 Å². The average molecular weight is 331 g/mol. The van der Waals surface area contributed by atoms with Gasteiger partial charge in [-0.25, -0.2) is 4.79 Å². The normalized spacial score (nSPS) is 12.2. The Bertz CT molecular complexity index is 1050. The van der Waals surface area contributed by atoms with Crippen LogP contribution >= 0.6 is 0 Å². The molecule has 0 unspecified atom stereocenters. The maximum Gasteiger partial charge on any atom is 0.332 e. The molecule has 128 valence electrons. The molecule has 0 aliphatic rings. The third-order valence-electron chi connectivity index (χ3n) is 4.18. The van der Waals surface area contributed by atoms with Crippen molar-refractivity contribution in [2.45, 2.75) is 26.9 Å². The lowest BCUT2D eigenvalue weighted by atomic mass is 10.4. The SMILES string of the molecule is CC=CCn1c(=O)c2c(nc3n(CCOC)c(C)cn23)n(C)c1=O. The molecule has 0 N–H and O–H groups in total. The molecule has 3 heterocycles. The van der Waals surface area contributed by atoms with E-state index >= 15 is 0 Å². The van der Waals surface area contributed by atoms with Crippen LogP contribution in [0.4, 0.5) is 0 Å². The Labute approximate surface area is 138 Å². The van der Waals surface area contributed by atoms with E-state index in [1.54, 1.807) is 24.6 Å². The van der Waals surface area contributed by atoms with E-state index < -0.39 is 0 Å². The summed E-state index contributed by atoms with van der Waals surface area (Å²) in [6.45, 7) is 5.22. The third kappa shape index (κ3) is 2.30. The fourth-order valence-corrected chi connectivity index (χ4v) is 2.89. The Morgan fingerprint density at radius 1 is 1.29 bits per heavy atom. The van der Waals surface area contributed by atoms with Crippen molar-refractivity contribution in [3.05, 3.63) is 44.9 Å². The van der Waals surface area contributed by atoms with Crippen molar-refractivity contribution < 1.29 is 4.74 Å². The maximum atomic E-state index is 12.8. The summed E-state index contributed by atoms with van der Waals surface area (Å²) in [5.41, 5.74) is 1.08. The van der Waals surface area contributed by atoms with Crippen LogP contribution in [0.2, 0.25) is 0 Å². The van der Waals surface area contributed by atoms with Gasteiger partial charge in [0.2, 0.25) is 5.78 Å². The van der Waals surface area contributed by atoms with Crippen LogP contribution in [0.25, 0.3) is 16.9 Å². The zero-order valence-corrected chi connectivity index (χ0v) is 14.3. The standard InChI is InChI=1S/C16H21N5O3/c1-5-6-7-20-14(22)12-13(18(3)16(20)23)17-15-19(8-9-24-4)11(2)10-21(12)15/h5-6,10H,7-9H2,1-4H3. The predicted molar refractivity (Wildman–Crippen MR) is 91.6 cm³/mol. The van der Waals surface area contributed by atoms with Gasteiger partial charge in [0.15, 0.2) is 11.2 Å². The largest absolute Gasteiger partial charge is 0.383 e. The van der Waals surface area contributed by atoms with Crippen LogP contribution in [0.3, 0.4) is 0 Å². The van der Waals surface area contributed by atoms with Crippen molar-refractivity contribution in [3.8, 4) is 0 Å². The smallest absolute Gasteiger partial charge is 0.332 e. The minimum atomic E-state index is -0.369. The predicted octanol–water partition coefficient (Wildman–Crippen LogP) is 0.680. The Morgan fingerprint density at radius 3 is 2.71 bits per heavy atom. The number of aryl methyl sites for hydroxylation is 2. The number of nitrogens with zero attached hydrogens (tertiary/aromatic N) is 5. The number of hydrogen-bond acceptors (Lipinski definition) is 4. The van der Waals surface area contributed by atoms with Gasteiger partial charge in [-0.2, -0.15) is 4.98 Å². The van der Waals surface area contributed by atoms with Gasteiger partial charge in [0.1, 0.15) is 0 Å². The van der Waals surface area contributed by atoms with E-state index in [1.165, 1.54) is 9.13 Å². The molecule has 0 radical (unpaired) electrons. The summed E-state index contributed by atoms with van der Waals surface area (Å²) in [5.74, 6) is 0.635. The van der Waals surface area contributed by atoms with Crippen LogP contribution in [0.1, 0.15) is 12.6 Å². The van der Waals surface area contributed by atoms with Crippen molar-refractivity contribution in [1.29, 1.82) is 0 Å². The minimum absolute atomic E-state index is 0.245. The topological polar surface area (TPSA) is 75.5 Å². The van der Waals surface area contributed by atoms with E-state index in [0.29, 0.717) is 30.1 Å². The van der Waals surface area contributed by atoms with Gasteiger partial charge in [-0.15, -0.1) is 0 Å². The van der Waals surface area contributed by atoms with Gasteiger partial charge in [-0.05, 0) is 13.8 Å². The van der Waals surface area contributed by atoms with Crippen molar-refractivity contribution in [1.82, 2.24) is 23.1 Å². The number of imidazole rings is 2. The van der Waals surface area contributed by atoms with E-state index in [0.717, 1.165) is 5.69 Å². The maximum absolute atomic E-state index is 12.8. The fraction of sp³-hybridized carbons (Fsp3) is 0.438. The molecule has 0 aliphatic carbocycles. The average Bonchev–Trinajstić information content (AvgIpc) is 3.06. The minimum Gasteiger partial charge on any atom is -0.383 e. The molecule has 8 heteroatoms. The molecule has 0 atom stereocenters. The number of allylic oxidation sites excluding steroid dienone is 2. The summed E-state index contributed by atoms with van der Waals surface area (Å²) >= 11 is 0. The molecule has 0 saturated heterocycles. The molecular formula is C16H21N5O3. The molecule has 3 aromatic rings. The molecular weight excluding hydrogens is 310 g/mol. The molecule has 24 heavy (non-hydrogen) atoms. The first-order chi connectivity index (χ1) is 11.5. The van der Waals surface area contributed by atoms with Crippen LogP contribution in [-0.2, 0) is 24.9 Å². The van der Waals surface area contributed by atoms with E-state index in [1.807, 2.05) is 30.7 Å². The Morgan fingerprint density at radius 2 is 2.04 bits per heavy atom. The number of fused-ring (bicyclic) bond motifs is 3. The Kier molecular flexibility index (Phi) is 4.15. The summed E-state index contributed by atoms with van der Waals surface area (Å²) in [7, 11) is 3.27. The lowest BCUT2D eigenvalue weighted by molar-refractivity contribution is 0.187. The second kappa shape index (κ2) is 6.12. The molecule has 0 amide bonds. The zero-order chi connectivity index (χ0) is 17.4. The number of ether oxygens (including phenoxy) is 1. The lowest BCUT2D eigenvalue weighted by Crippen LogP contribution is -2.39. The number of rotatable bonds is 5. The molecule has 0 bridgehead atoms. The number of methoxy groups -OCH3 is 1. The summed E-state index contributed by atoms with van der Waals surface area (Å²) in [6.07, 6.45) is 5.46. The monoisotopic (exact) mass is 331 g/mol. The van der Waals surface area contributed by atoms with Gasteiger partial charge >= 0.3 is 5.69 Å². The summed E-state index contributed by atoms with van der Waals surface area (Å²) in [6, 6.07) is 0. The lowest BCUT2D eigenvalue weighted by Gasteiger charge is -2.05. The van der Waals surface area contributed by atoms with Gasteiger partial charge in [-0.3, -0.25) is 18.3 Å². The van der Waals surface area contributed by atoms with Crippen LogP contribution in [0, 0.1) is 6.92 Å². The van der Waals surface area contributed by atoms with E-state index in [4.69, 9.17) is 4.74 Å². The summed E-state index contributed by atoms with van der Waals surface area (Å²) in [4.78, 5) is 29.8. The quantitative estimate of drug-likeness (QED) is 0.644. The van der Waals surface area contributed by atoms with Crippen molar-refractivity contribution in [2.75, 3.05) is 13.7 Å². The first kappa shape index (κ1) is 16.3.